The topological polar surface area (TPSA) is 74.8 Å². The quantitative estimate of drug-likeness (QED) is 0.617. The Hall–Kier alpha value is -3.56. The van der Waals surface area contributed by atoms with E-state index in [1.807, 2.05) is 0 Å². The zero-order valence-corrected chi connectivity index (χ0v) is 15.3. The van der Waals surface area contributed by atoms with Crippen LogP contribution in [0.15, 0.2) is 53.3 Å². The van der Waals surface area contributed by atoms with Gasteiger partial charge in [-0.25, -0.2) is 13.8 Å². The zero-order chi connectivity index (χ0) is 22.1. The summed E-state index contributed by atoms with van der Waals surface area (Å²) < 4.78 is 64.5. The predicted octanol–water partition coefficient (Wildman–Crippen LogP) is 4.22. The highest BCUT2D eigenvalue weighted by Crippen LogP contribution is 2.30. The number of carbonyl (C=O) groups is 1. The van der Waals surface area contributed by atoms with Crippen LogP contribution in [0.25, 0.3) is 11.4 Å². The zero-order valence-electron chi connectivity index (χ0n) is 15.3. The van der Waals surface area contributed by atoms with Crippen LogP contribution in [0.4, 0.5) is 22.0 Å². The van der Waals surface area contributed by atoms with Gasteiger partial charge in [-0.3, -0.25) is 9.59 Å². The van der Waals surface area contributed by atoms with E-state index in [1.165, 1.54) is 18.2 Å². The predicted molar refractivity (Wildman–Crippen MR) is 97.5 cm³/mol. The number of benzene rings is 2. The van der Waals surface area contributed by atoms with Gasteiger partial charge in [0.15, 0.2) is 11.6 Å². The lowest BCUT2D eigenvalue weighted by Gasteiger charge is -2.15. The van der Waals surface area contributed by atoms with Crippen LogP contribution in [0.5, 0.6) is 0 Å². The van der Waals surface area contributed by atoms with Crippen LogP contribution < -0.4 is 10.9 Å². The lowest BCUT2D eigenvalue weighted by atomic mass is 10.1. The number of nitrogens with zero attached hydrogens (tertiary/aromatic N) is 1. The molecule has 2 N–H and O–H groups in total. The third-order valence-corrected chi connectivity index (χ3v) is 4.25. The molecule has 30 heavy (non-hydrogen) atoms. The molecule has 156 valence electrons. The van der Waals surface area contributed by atoms with E-state index < -0.39 is 40.9 Å². The molecule has 3 rings (SSSR count). The second-order valence-corrected chi connectivity index (χ2v) is 6.42. The Labute approximate surface area is 166 Å². The molecule has 0 saturated carbocycles. The monoisotopic (exact) mass is 423 g/mol. The fraction of sp³-hybridized carbons (Fsp3) is 0.150. The summed E-state index contributed by atoms with van der Waals surface area (Å²) in [4.78, 5) is 30.6. The second kappa shape index (κ2) is 8.05. The third-order valence-electron chi connectivity index (χ3n) is 4.25. The third kappa shape index (κ3) is 4.70. The Bertz CT molecular complexity index is 1140. The van der Waals surface area contributed by atoms with Gasteiger partial charge >= 0.3 is 6.18 Å². The summed E-state index contributed by atoms with van der Waals surface area (Å²) in [6, 6.07) is 7.32. The summed E-state index contributed by atoms with van der Waals surface area (Å²) in [5.74, 6) is -3.15. The molecule has 2 aromatic carbocycles. The van der Waals surface area contributed by atoms with Gasteiger partial charge in [0.1, 0.15) is 11.5 Å². The molecule has 0 aliphatic carbocycles. The van der Waals surface area contributed by atoms with Gasteiger partial charge in [-0.1, -0.05) is 12.1 Å². The average Bonchev–Trinajstić information content (AvgIpc) is 2.69. The van der Waals surface area contributed by atoms with E-state index in [4.69, 9.17) is 0 Å². The van der Waals surface area contributed by atoms with Crippen LogP contribution in [0.3, 0.4) is 0 Å². The van der Waals surface area contributed by atoms with Gasteiger partial charge in [0.25, 0.3) is 11.5 Å². The first-order valence-electron chi connectivity index (χ1n) is 8.59. The Morgan fingerprint density at radius 1 is 1.03 bits per heavy atom. The number of hydrogen-bond donors (Lipinski definition) is 2. The molecule has 1 amide bonds. The molecule has 1 atom stereocenters. The number of halogens is 5. The summed E-state index contributed by atoms with van der Waals surface area (Å²) in [5.41, 5.74) is -1.36. The molecule has 5 nitrogen and oxygen atoms in total. The Morgan fingerprint density at radius 2 is 1.70 bits per heavy atom. The smallest absolute Gasteiger partial charge is 0.344 e. The summed E-state index contributed by atoms with van der Waals surface area (Å²) in [6.07, 6.45) is -4.48. The first-order valence-corrected chi connectivity index (χ1v) is 8.59. The van der Waals surface area contributed by atoms with Gasteiger partial charge in [-0.2, -0.15) is 13.2 Å². The Balaban J connectivity index is 1.82. The Kier molecular flexibility index (Phi) is 5.68. The van der Waals surface area contributed by atoms with Crippen LogP contribution in [0.2, 0.25) is 0 Å². The van der Waals surface area contributed by atoms with Crippen molar-refractivity contribution in [3.8, 4) is 11.4 Å². The molecular formula is C20H14F5N3O2. The maximum atomic E-state index is 13.4. The highest BCUT2D eigenvalue weighted by molar-refractivity contribution is 5.92. The molecule has 1 aromatic heterocycles. The lowest BCUT2D eigenvalue weighted by molar-refractivity contribution is -0.137. The number of alkyl halides is 3. The van der Waals surface area contributed by atoms with Crippen molar-refractivity contribution in [3.63, 3.8) is 0 Å². The molecule has 0 fully saturated rings. The molecule has 0 bridgehead atoms. The van der Waals surface area contributed by atoms with Gasteiger partial charge in [-0.15, -0.1) is 0 Å². The van der Waals surface area contributed by atoms with E-state index in [9.17, 15) is 31.5 Å². The molecule has 0 radical (unpaired) electrons. The molecule has 3 aromatic rings. The number of H-pyrrole nitrogens is 1. The summed E-state index contributed by atoms with van der Waals surface area (Å²) in [7, 11) is 0. The average molecular weight is 423 g/mol. The molecule has 0 spiro atoms. The lowest BCUT2D eigenvalue weighted by Crippen LogP contribution is -2.29. The van der Waals surface area contributed by atoms with Crippen molar-refractivity contribution < 1.29 is 26.7 Å². The van der Waals surface area contributed by atoms with Crippen molar-refractivity contribution in [1.82, 2.24) is 15.3 Å². The normalized spacial score (nSPS) is 12.5. The van der Waals surface area contributed by atoms with Crippen molar-refractivity contribution in [2.24, 2.45) is 0 Å². The minimum Gasteiger partial charge on any atom is -0.344 e. The Morgan fingerprint density at radius 3 is 2.30 bits per heavy atom. The van der Waals surface area contributed by atoms with Crippen molar-refractivity contribution in [1.29, 1.82) is 0 Å². The number of carbonyl (C=O) groups excluding carboxylic acids is 1. The number of rotatable bonds is 4. The molecule has 0 aliphatic rings. The van der Waals surface area contributed by atoms with Gasteiger partial charge < -0.3 is 10.3 Å². The van der Waals surface area contributed by atoms with Gasteiger partial charge in [0, 0.05) is 11.6 Å². The van der Waals surface area contributed by atoms with E-state index in [2.05, 4.69) is 15.3 Å². The van der Waals surface area contributed by atoms with E-state index in [1.54, 1.807) is 6.92 Å². The van der Waals surface area contributed by atoms with Crippen molar-refractivity contribution in [2.45, 2.75) is 19.1 Å². The van der Waals surface area contributed by atoms with Crippen LogP contribution in [-0.4, -0.2) is 15.9 Å². The van der Waals surface area contributed by atoms with E-state index in [0.29, 0.717) is 5.56 Å². The van der Waals surface area contributed by atoms with Gasteiger partial charge in [0.05, 0.1) is 11.6 Å². The van der Waals surface area contributed by atoms with Crippen LogP contribution in [-0.2, 0) is 6.18 Å². The van der Waals surface area contributed by atoms with Crippen molar-refractivity contribution in [2.75, 3.05) is 0 Å². The number of hydrogen-bond acceptors (Lipinski definition) is 3. The molecule has 10 heteroatoms. The van der Waals surface area contributed by atoms with E-state index in [-0.39, 0.29) is 17.1 Å². The van der Waals surface area contributed by atoms with Gasteiger partial charge in [-0.05, 0) is 42.8 Å². The van der Waals surface area contributed by atoms with E-state index >= 15 is 0 Å². The molecule has 0 aliphatic heterocycles. The first kappa shape index (κ1) is 21.2. The van der Waals surface area contributed by atoms with Crippen molar-refractivity contribution in [3.05, 3.63) is 87.3 Å². The number of amides is 1. The molecular weight excluding hydrogens is 409 g/mol. The standard InChI is InChI=1S/C20H14F5N3O2/c1-10(11-2-5-13(6-3-11)20(23,24)25)26-19(30)16-9-17(29)28-18(27-16)12-4-7-14(21)15(22)8-12/h2-10H,1H3,(H,26,30)(H,27,28,29)/t10-/m1/s1. The summed E-state index contributed by atoms with van der Waals surface area (Å²) >= 11 is 0. The van der Waals surface area contributed by atoms with Gasteiger partial charge in [0.2, 0.25) is 0 Å². The maximum absolute atomic E-state index is 13.4. The minimum atomic E-state index is -4.48. The second-order valence-electron chi connectivity index (χ2n) is 6.42. The maximum Gasteiger partial charge on any atom is 0.416 e. The first-order chi connectivity index (χ1) is 14.0. The number of aromatic nitrogens is 2. The van der Waals surface area contributed by atoms with Crippen molar-refractivity contribution >= 4 is 5.91 Å². The largest absolute Gasteiger partial charge is 0.416 e. The molecule has 0 saturated heterocycles. The molecule has 1 heterocycles. The van der Waals surface area contributed by atoms with Crippen LogP contribution in [0.1, 0.15) is 34.6 Å². The van der Waals surface area contributed by atoms with E-state index in [0.717, 1.165) is 30.3 Å². The summed E-state index contributed by atoms with van der Waals surface area (Å²) in [6.45, 7) is 1.55. The highest BCUT2D eigenvalue weighted by Gasteiger charge is 2.30. The van der Waals surface area contributed by atoms with Crippen LogP contribution >= 0.6 is 0 Å². The number of nitrogens with one attached hydrogen (secondary N) is 2. The highest BCUT2D eigenvalue weighted by atomic mass is 19.4. The molecule has 0 unspecified atom stereocenters. The summed E-state index contributed by atoms with van der Waals surface area (Å²) in [5, 5.41) is 2.53. The fourth-order valence-electron chi connectivity index (χ4n) is 2.67. The van der Waals surface area contributed by atoms with Crippen LogP contribution in [0, 0.1) is 11.6 Å². The fourth-order valence-corrected chi connectivity index (χ4v) is 2.67. The minimum absolute atomic E-state index is 0.0523. The number of aromatic amines is 1. The SMILES string of the molecule is C[C@@H](NC(=O)c1cc(=O)[nH]c(-c2ccc(F)c(F)c2)n1)c1ccc(C(F)(F)F)cc1.